The predicted molar refractivity (Wildman–Crippen MR) is 176 cm³/mol. The van der Waals surface area contributed by atoms with E-state index in [1.165, 1.54) is 0 Å². The van der Waals surface area contributed by atoms with Crippen molar-refractivity contribution in [3.63, 3.8) is 0 Å². The Hall–Kier alpha value is -5.38. The lowest BCUT2D eigenvalue weighted by atomic mass is 9.80. The van der Waals surface area contributed by atoms with E-state index >= 15 is 0 Å². The molecule has 0 aliphatic carbocycles. The van der Waals surface area contributed by atoms with Crippen LogP contribution in [0.1, 0.15) is 34.3 Å². The van der Waals surface area contributed by atoms with Crippen molar-refractivity contribution in [3.8, 4) is 23.0 Å². The van der Waals surface area contributed by atoms with E-state index in [1.807, 2.05) is 94.7 Å². The quantitative estimate of drug-likeness (QED) is 0.238. The van der Waals surface area contributed by atoms with Crippen LogP contribution >= 0.6 is 0 Å². The lowest BCUT2D eigenvalue weighted by Gasteiger charge is -2.48. The van der Waals surface area contributed by atoms with Crippen LogP contribution in [-0.4, -0.2) is 63.4 Å². The average Bonchev–Trinajstić information content (AvgIpc) is 3.10. The Morgan fingerprint density at radius 2 is 0.913 bits per heavy atom. The first kappa shape index (κ1) is 30.6. The van der Waals surface area contributed by atoms with Crippen molar-refractivity contribution in [2.24, 2.45) is 0 Å². The minimum absolute atomic E-state index is 0.271. The van der Waals surface area contributed by atoms with E-state index in [-0.39, 0.29) is 12.1 Å². The molecule has 0 saturated carbocycles. The molecule has 2 aliphatic rings. The van der Waals surface area contributed by atoms with Gasteiger partial charge in [0.1, 0.15) is 0 Å². The van der Waals surface area contributed by atoms with Gasteiger partial charge in [0.25, 0.3) is 0 Å². The number of carbonyl (C=O) groups excluding carboxylic acids is 2. The highest BCUT2D eigenvalue weighted by molar-refractivity contribution is 5.91. The van der Waals surface area contributed by atoms with Gasteiger partial charge in [-0.2, -0.15) is 0 Å². The fourth-order valence-electron chi connectivity index (χ4n) is 6.52. The van der Waals surface area contributed by atoms with E-state index in [2.05, 4.69) is 10.6 Å². The first-order valence-electron chi connectivity index (χ1n) is 15.2. The van der Waals surface area contributed by atoms with Crippen LogP contribution in [0.15, 0.2) is 84.9 Å². The van der Waals surface area contributed by atoms with Crippen molar-refractivity contribution in [2.45, 2.75) is 24.9 Å². The van der Waals surface area contributed by atoms with Crippen LogP contribution in [0, 0.1) is 0 Å². The normalized spacial score (nSPS) is 16.9. The van der Waals surface area contributed by atoms with E-state index in [1.54, 1.807) is 28.4 Å². The highest BCUT2D eigenvalue weighted by Gasteiger charge is 2.45. The van der Waals surface area contributed by atoms with E-state index in [9.17, 15) is 9.59 Å². The number of hydrogen-bond acceptors (Lipinski definition) is 6. The van der Waals surface area contributed by atoms with Gasteiger partial charge in [0.2, 0.25) is 0 Å². The third kappa shape index (κ3) is 5.85. The average molecular weight is 623 g/mol. The fourth-order valence-corrected chi connectivity index (χ4v) is 6.52. The van der Waals surface area contributed by atoms with Crippen molar-refractivity contribution < 1.29 is 28.5 Å². The smallest absolute Gasteiger partial charge is 0.322 e. The summed E-state index contributed by atoms with van der Waals surface area (Å²) in [4.78, 5) is 32.1. The fraction of sp³-hybridized carbons (Fsp3) is 0.278. The van der Waals surface area contributed by atoms with Crippen LogP contribution in [-0.2, 0) is 12.8 Å². The Morgan fingerprint density at radius 1 is 0.565 bits per heavy atom. The number of ether oxygens (including phenoxy) is 4. The van der Waals surface area contributed by atoms with Gasteiger partial charge in [0.05, 0.1) is 40.5 Å². The number of nitrogens with one attached hydrogen (secondary N) is 2. The SMILES string of the molecule is COc1cc2c(cc1OC)[C@@H]([C@@H]1c3cc(OC)c(OC)cc3CCN1C(=O)Nc1ccccc1)N(C(=O)Nc1ccccc1)CC2. The standard InChI is InChI=1S/C36H38N4O6/c1-43-29-19-23-15-17-39(35(41)37-25-11-7-5-8-12-25)33(27(23)21-31(29)45-3)34-28-22-32(46-4)30(44-2)20-24(28)16-18-40(34)36(42)38-26-13-9-6-10-14-26/h5-14,19-22,33-34H,15-18H2,1-4H3,(H,37,41)(H,38,42)/t33-,34-/m0/s1. The molecule has 2 heterocycles. The number of benzene rings is 4. The molecule has 4 amide bonds. The Bertz CT molecular complexity index is 1590. The summed E-state index contributed by atoms with van der Waals surface area (Å²) in [6, 6.07) is 24.8. The molecule has 238 valence electrons. The first-order chi connectivity index (χ1) is 22.4. The lowest BCUT2D eigenvalue weighted by molar-refractivity contribution is 0.103. The van der Waals surface area contributed by atoms with Crippen LogP contribution in [0.4, 0.5) is 21.0 Å². The Balaban J connectivity index is 1.54. The van der Waals surface area contributed by atoms with Crippen LogP contribution in [0.5, 0.6) is 23.0 Å². The van der Waals surface area contributed by atoms with Gasteiger partial charge < -0.3 is 39.4 Å². The monoisotopic (exact) mass is 622 g/mol. The molecule has 2 atom stereocenters. The maximum absolute atomic E-state index is 14.2. The molecule has 0 aromatic heterocycles. The predicted octanol–water partition coefficient (Wildman–Crippen LogP) is 6.68. The number of amides is 4. The second kappa shape index (κ2) is 13.3. The number of methoxy groups -OCH3 is 4. The highest BCUT2D eigenvalue weighted by atomic mass is 16.5. The maximum Gasteiger partial charge on any atom is 0.322 e. The summed E-state index contributed by atoms with van der Waals surface area (Å²) in [6.45, 7) is 0.832. The van der Waals surface area contributed by atoms with Crippen LogP contribution < -0.4 is 29.6 Å². The van der Waals surface area contributed by atoms with Gasteiger partial charge in [-0.1, -0.05) is 36.4 Å². The summed E-state index contributed by atoms with van der Waals surface area (Å²) < 4.78 is 22.8. The number of urea groups is 2. The molecule has 0 unspecified atom stereocenters. The number of nitrogens with zero attached hydrogens (tertiary/aromatic N) is 2. The van der Waals surface area contributed by atoms with Crippen molar-refractivity contribution in [1.29, 1.82) is 0 Å². The van der Waals surface area contributed by atoms with Gasteiger partial charge in [-0.15, -0.1) is 0 Å². The summed E-state index contributed by atoms with van der Waals surface area (Å²) >= 11 is 0. The van der Waals surface area contributed by atoms with Crippen LogP contribution in [0.2, 0.25) is 0 Å². The molecule has 10 nitrogen and oxygen atoms in total. The zero-order valence-corrected chi connectivity index (χ0v) is 26.4. The number of fused-ring (bicyclic) bond motifs is 2. The third-order valence-electron chi connectivity index (χ3n) is 8.71. The molecule has 4 aromatic rings. The van der Waals surface area contributed by atoms with Crippen molar-refractivity contribution in [3.05, 3.63) is 107 Å². The highest BCUT2D eigenvalue weighted by Crippen LogP contribution is 2.49. The minimum atomic E-state index is -0.592. The number of hydrogen-bond donors (Lipinski definition) is 2. The Labute approximate surface area is 268 Å². The van der Waals surface area contributed by atoms with Crippen molar-refractivity contribution in [2.75, 3.05) is 52.2 Å². The topological polar surface area (TPSA) is 102 Å². The molecule has 46 heavy (non-hydrogen) atoms. The molecule has 2 N–H and O–H groups in total. The zero-order chi connectivity index (χ0) is 32.2. The van der Waals surface area contributed by atoms with Crippen LogP contribution in [0.3, 0.4) is 0 Å². The van der Waals surface area contributed by atoms with Gasteiger partial charge in [-0.3, -0.25) is 0 Å². The van der Waals surface area contributed by atoms with Gasteiger partial charge >= 0.3 is 12.1 Å². The van der Waals surface area contributed by atoms with Crippen molar-refractivity contribution in [1.82, 2.24) is 9.80 Å². The largest absolute Gasteiger partial charge is 0.493 e. The zero-order valence-electron chi connectivity index (χ0n) is 26.4. The summed E-state index contributed by atoms with van der Waals surface area (Å²) in [6.07, 6.45) is 1.19. The molecule has 10 heteroatoms. The summed E-state index contributed by atoms with van der Waals surface area (Å²) in [5, 5.41) is 6.16. The molecular formula is C36H38N4O6. The van der Waals surface area contributed by atoms with Crippen LogP contribution in [0.25, 0.3) is 0 Å². The molecule has 0 fully saturated rings. The van der Waals surface area contributed by atoms with Gasteiger partial charge in [0.15, 0.2) is 23.0 Å². The maximum atomic E-state index is 14.2. The van der Waals surface area contributed by atoms with Gasteiger partial charge in [-0.05, 0) is 83.6 Å². The number of para-hydroxylation sites is 2. The Kier molecular flexibility index (Phi) is 8.87. The molecule has 0 bridgehead atoms. The summed E-state index contributed by atoms with van der Waals surface area (Å²) in [5.74, 6) is 2.30. The minimum Gasteiger partial charge on any atom is -0.493 e. The molecule has 2 aliphatic heterocycles. The van der Waals surface area contributed by atoms with E-state index in [4.69, 9.17) is 18.9 Å². The third-order valence-corrected chi connectivity index (χ3v) is 8.71. The molecule has 6 rings (SSSR count). The molecule has 4 aromatic carbocycles. The molecule has 0 saturated heterocycles. The Morgan fingerprint density at radius 3 is 1.26 bits per heavy atom. The molecule has 0 spiro atoms. The number of rotatable bonds is 7. The van der Waals surface area contributed by atoms with Gasteiger partial charge in [-0.25, -0.2) is 9.59 Å². The van der Waals surface area contributed by atoms with Gasteiger partial charge in [0, 0.05) is 24.5 Å². The molecule has 0 radical (unpaired) electrons. The first-order valence-corrected chi connectivity index (χ1v) is 15.2. The molecular weight excluding hydrogens is 584 g/mol. The van der Waals surface area contributed by atoms with E-state index in [0.29, 0.717) is 60.3 Å². The number of carbonyl (C=O) groups is 2. The van der Waals surface area contributed by atoms with E-state index < -0.39 is 12.1 Å². The number of anilines is 2. The summed E-state index contributed by atoms with van der Waals surface area (Å²) in [7, 11) is 6.40. The summed E-state index contributed by atoms with van der Waals surface area (Å²) in [5.41, 5.74) is 5.14. The van der Waals surface area contributed by atoms with E-state index in [0.717, 1.165) is 22.3 Å². The second-order valence-corrected chi connectivity index (χ2v) is 11.2. The second-order valence-electron chi connectivity index (χ2n) is 11.2. The van der Waals surface area contributed by atoms with Crippen molar-refractivity contribution >= 4 is 23.4 Å². The lowest BCUT2D eigenvalue weighted by Crippen LogP contribution is -2.52.